The highest BCUT2D eigenvalue weighted by molar-refractivity contribution is 5.88. The van der Waals surface area contributed by atoms with Crippen LogP contribution in [0.2, 0.25) is 0 Å². The molecule has 7 heteroatoms. The van der Waals surface area contributed by atoms with Crippen LogP contribution in [0.1, 0.15) is 16.1 Å². The molecule has 7 nitrogen and oxygen atoms in total. The number of aliphatic hydroxyl groups is 3. The lowest BCUT2D eigenvalue weighted by molar-refractivity contribution is 0.0401. The van der Waals surface area contributed by atoms with E-state index in [9.17, 15) is 4.79 Å². The molecule has 0 aliphatic carbocycles. The molecule has 0 atom stereocenters. The van der Waals surface area contributed by atoms with E-state index in [1.54, 1.807) is 0 Å². The zero-order valence-electron chi connectivity index (χ0n) is 9.09. The summed E-state index contributed by atoms with van der Waals surface area (Å²) in [4.78, 5) is 10.8. The Balaban J connectivity index is 2.72. The topological polar surface area (TPSA) is 123 Å². The van der Waals surface area contributed by atoms with Gasteiger partial charge in [0.1, 0.15) is 11.3 Å². The van der Waals surface area contributed by atoms with Crippen molar-refractivity contribution >= 4 is 5.97 Å². The van der Waals surface area contributed by atoms with Crippen molar-refractivity contribution in [2.75, 3.05) is 19.8 Å². The Morgan fingerprint density at radius 1 is 1.29 bits per heavy atom. The third kappa shape index (κ3) is 3.04. The Labute approximate surface area is 97.3 Å². The van der Waals surface area contributed by atoms with Crippen molar-refractivity contribution in [1.29, 1.82) is 0 Å². The number of aromatic carboxylic acids is 1. The van der Waals surface area contributed by atoms with Gasteiger partial charge in [0.15, 0.2) is 0 Å². The van der Waals surface area contributed by atoms with Crippen LogP contribution in [0, 0.1) is 0 Å². The fourth-order valence-electron chi connectivity index (χ4n) is 1.25. The summed E-state index contributed by atoms with van der Waals surface area (Å²) in [7, 11) is 0. The normalized spacial score (nSPS) is 11.7. The minimum absolute atomic E-state index is 0.000203. The van der Waals surface area contributed by atoms with E-state index in [-0.39, 0.29) is 17.9 Å². The monoisotopic (exact) mass is 245 g/mol. The van der Waals surface area contributed by atoms with E-state index in [1.807, 2.05) is 0 Å². The first-order chi connectivity index (χ1) is 8.08. The lowest BCUT2D eigenvalue weighted by atomic mass is 10.0. The van der Waals surface area contributed by atoms with Gasteiger partial charge in [0, 0.05) is 0 Å². The standard InChI is InChI=1S/C10H15NO6/c12-4-10(5-13,6-14)11-3-8-7(9(15)16)1-2-17-8/h1-2,11-14H,3-6H2,(H,15,16). The average molecular weight is 245 g/mol. The Kier molecular flexibility index (Phi) is 4.64. The summed E-state index contributed by atoms with van der Waals surface area (Å²) >= 11 is 0. The summed E-state index contributed by atoms with van der Waals surface area (Å²) in [5, 5.41) is 38.7. The lowest BCUT2D eigenvalue weighted by Crippen LogP contribution is -2.54. The SMILES string of the molecule is O=C(O)c1ccoc1CNC(CO)(CO)CO. The molecule has 0 unspecified atom stereocenters. The molecule has 0 saturated heterocycles. The third-order valence-corrected chi connectivity index (χ3v) is 2.51. The molecule has 0 fully saturated rings. The zero-order chi connectivity index (χ0) is 12.9. The van der Waals surface area contributed by atoms with Gasteiger partial charge in [-0.2, -0.15) is 0 Å². The molecule has 17 heavy (non-hydrogen) atoms. The molecule has 1 rings (SSSR count). The van der Waals surface area contributed by atoms with Crippen LogP contribution in [0.5, 0.6) is 0 Å². The molecule has 0 saturated carbocycles. The molecule has 0 amide bonds. The Hall–Kier alpha value is -1.41. The number of aliphatic hydroxyl groups excluding tert-OH is 3. The van der Waals surface area contributed by atoms with E-state index in [1.165, 1.54) is 12.3 Å². The van der Waals surface area contributed by atoms with Crippen LogP contribution in [-0.2, 0) is 6.54 Å². The highest BCUT2D eigenvalue weighted by Gasteiger charge is 2.28. The molecule has 0 aliphatic rings. The van der Waals surface area contributed by atoms with E-state index >= 15 is 0 Å². The van der Waals surface area contributed by atoms with Gasteiger partial charge in [-0.3, -0.25) is 5.32 Å². The van der Waals surface area contributed by atoms with Crippen molar-refractivity contribution in [2.24, 2.45) is 0 Å². The van der Waals surface area contributed by atoms with E-state index in [0.29, 0.717) is 0 Å². The largest absolute Gasteiger partial charge is 0.478 e. The van der Waals surface area contributed by atoms with Gasteiger partial charge in [-0.1, -0.05) is 0 Å². The van der Waals surface area contributed by atoms with Crippen molar-refractivity contribution in [3.63, 3.8) is 0 Å². The van der Waals surface area contributed by atoms with Crippen LogP contribution < -0.4 is 5.32 Å². The second-order valence-electron chi connectivity index (χ2n) is 3.67. The molecule has 0 spiro atoms. The van der Waals surface area contributed by atoms with Crippen molar-refractivity contribution in [3.8, 4) is 0 Å². The van der Waals surface area contributed by atoms with Gasteiger partial charge in [0.05, 0.1) is 38.2 Å². The minimum atomic E-state index is -1.26. The molecule has 0 aromatic carbocycles. The fourth-order valence-corrected chi connectivity index (χ4v) is 1.25. The number of hydrogen-bond donors (Lipinski definition) is 5. The second-order valence-corrected chi connectivity index (χ2v) is 3.67. The maximum atomic E-state index is 10.8. The van der Waals surface area contributed by atoms with Gasteiger partial charge in [-0.15, -0.1) is 0 Å². The summed E-state index contributed by atoms with van der Waals surface area (Å²) in [6.07, 6.45) is 1.24. The van der Waals surface area contributed by atoms with Crippen LogP contribution in [0.4, 0.5) is 0 Å². The summed E-state index contributed by atoms with van der Waals surface area (Å²) in [5.41, 5.74) is -1.26. The number of carbonyl (C=O) groups is 1. The first-order valence-electron chi connectivity index (χ1n) is 4.96. The number of hydrogen-bond acceptors (Lipinski definition) is 6. The summed E-state index contributed by atoms with van der Waals surface area (Å²) < 4.78 is 4.97. The van der Waals surface area contributed by atoms with Crippen molar-refractivity contribution in [1.82, 2.24) is 5.32 Å². The predicted molar refractivity (Wildman–Crippen MR) is 56.5 cm³/mol. The maximum absolute atomic E-state index is 10.8. The van der Waals surface area contributed by atoms with Gasteiger partial charge in [0.2, 0.25) is 0 Å². The van der Waals surface area contributed by atoms with Gasteiger partial charge in [-0.25, -0.2) is 4.79 Å². The van der Waals surface area contributed by atoms with E-state index in [4.69, 9.17) is 24.8 Å². The van der Waals surface area contributed by atoms with Gasteiger partial charge < -0.3 is 24.8 Å². The van der Waals surface area contributed by atoms with E-state index in [0.717, 1.165) is 0 Å². The van der Waals surface area contributed by atoms with Crippen molar-refractivity contribution < 1.29 is 29.6 Å². The van der Waals surface area contributed by atoms with Crippen LogP contribution in [0.3, 0.4) is 0 Å². The van der Waals surface area contributed by atoms with Crippen LogP contribution in [0.25, 0.3) is 0 Å². The molecule has 0 aliphatic heterocycles. The lowest BCUT2D eigenvalue weighted by Gasteiger charge is -2.28. The molecule has 96 valence electrons. The minimum Gasteiger partial charge on any atom is -0.478 e. The first kappa shape index (κ1) is 13.7. The molecule has 1 aromatic rings. The Morgan fingerprint density at radius 2 is 1.88 bits per heavy atom. The highest BCUT2D eigenvalue weighted by Crippen LogP contribution is 2.12. The number of carboxylic acid groups (broad SMARTS) is 1. The predicted octanol–water partition coefficient (Wildman–Crippen LogP) is -1.22. The van der Waals surface area contributed by atoms with E-state index in [2.05, 4.69) is 5.32 Å². The molecular weight excluding hydrogens is 230 g/mol. The van der Waals surface area contributed by atoms with Gasteiger partial charge in [0.25, 0.3) is 0 Å². The molecule has 1 heterocycles. The highest BCUT2D eigenvalue weighted by atomic mass is 16.4. The average Bonchev–Trinajstić information content (AvgIpc) is 2.80. The summed E-state index contributed by atoms with van der Waals surface area (Å²) in [6, 6.07) is 1.30. The van der Waals surface area contributed by atoms with E-state index < -0.39 is 31.3 Å². The molecular formula is C10H15NO6. The Morgan fingerprint density at radius 3 is 2.35 bits per heavy atom. The van der Waals surface area contributed by atoms with Crippen LogP contribution in [-0.4, -0.2) is 51.8 Å². The number of rotatable bonds is 7. The zero-order valence-corrected chi connectivity index (χ0v) is 9.09. The van der Waals surface area contributed by atoms with Crippen molar-refractivity contribution in [2.45, 2.75) is 12.1 Å². The van der Waals surface area contributed by atoms with Gasteiger partial charge >= 0.3 is 5.97 Å². The summed E-state index contributed by atoms with van der Waals surface area (Å²) in [5.74, 6) is -0.963. The summed E-state index contributed by atoms with van der Waals surface area (Å²) in [6.45, 7) is -1.47. The first-order valence-corrected chi connectivity index (χ1v) is 4.96. The molecule has 5 N–H and O–H groups in total. The van der Waals surface area contributed by atoms with Crippen LogP contribution >= 0.6 is 0 Å². The quantitative estimate of drug-likeness (QED) is 0.408. The van der Waals surface area contributed by atoms with Crippen molar-refractivity contribution in [3.05, 3.63) is 23.7 Å². The number of nitrogens with one attached hydrogen (secondary N) is 1. The van der Waals surface area contributed by atoms with Crippen LogP contribution in [0.15, 0.2) is 16.7 Å². The molecule has 0 bridgehead atoms. The smallest absolute Gasteiger partial charge is 0.339 e. The Bertz CT molecular complexity index is 362. The third-order valence-electron chi connectivity index (χ3n) is 2.51. The number of furan rings is 1. The molecule has 0 radical (unpaired) electrons. The second kappa shape index (κ2) is 5.78. The maximum Gasteiger partial charge on any atom is 0.339 e. The molecule has 1 aromatic heterocycles. The number of carboxylic acids is 1. The van der Waals surface area contributed by atoms with Gasteiger partial charge in [-0.05, 0) is 6.07 Å². The fraction of sp³-hybridized carbons (Fsp3) is 0.500.